The van der Waals surface area contributed by atoms with E-state index in [9.17, 15) is 4.79 Å². The standard InChI is InChI=1S/C22H15N3O2/c26-22(27)15-11-9-14(10-12-15)13-25-19-8-4-1-5-16(19)20-21(25)24-18-7-3-2-6-17(18)23-20/h1-12H,13H2,(H,26,27). The largest absolute Gasteiger partial charge is 0.478 e. The number of fused-ring (bicyclic) bond motifs is 4. The molecule has 0 spiro atoms. The molecule has 130 valence electrons. The van der Waals surface area contributed by atoms with Crippen LogP contribution in [-0.4, -0.2) is 25.6 Å². The van der Waals surface area contributed by atoms with Crippen molar-refractivity contribution in [3.63, 3.8) is 0 Å². The zero-order chi connectivity index (χ0) is 18.4. The summed E-state index contributed by atoms with van der Waals surface area (Å²) in [6.07, 6.45) is 0. The van der Waals surface area contributed by atoms with Gasteiger partial charge in [0, 0.05) is 11.9 Å². The number of hydrogen-bond acceptors (Lipinski definition) is 3. The minimum Gasteiger partial charge on any atom is -0.478 e. The summed E-state index contributed by atoms with van der Waals surface area (Å²) in [5.41, 5.74) is 5.80. The third-order valence-corrected chi connectivity index (χ3v) is 4.80. The Morgan fingerprint density at radius 3 is 2.26 bits per heavy atom. The minimum atomic E-state index is -0.921. The molecule has 1 N–H and O–H groups in total. The molecule has 0 aliphatic carbocycles. The normalized spacial score (nSPS) is 11.4. The Bertz CT molecular complexity index is 1320. The van der Waals surface area contributed by atoms with Crippen LogP contribution < -0.4 is 0 Å². The lowest BCUT2D eigenvalue weighted by Gasteiger charge is -2.08. The Morgan fingerprint density at radius 2 is 1.52 bits per heavy atom. The Labute approximate surface area is 154 Å². The van der Waals surface area contributed by atoms with Gasteiger partial charge in [-0.1, -0.05) is 42.5 Å². The van der Waals surface area contributed by atoms with Gasteiger partial charge in [-0.25, -0.2) is 14.8 Å². The quantitative estimate of drug-likeness (QED) is 0.519. The summed E-state index contributed by atoms with van der Waals surface area (Å²) in [6.45, 7) is 0.594. The predicted molar refractivity (Wildman–Crippen MR) is 105 cm³/mol. The average Bonchev–Trinajstić information content (AvgIpc) is 3.00. The highest BCUT2D eigenvalue weighted by Gasteiger charge is 2.14. The van der Waals surface area contributed by atoms with E-state index in [1.807, 2.05) is 48.5 Å². The maximum atomic E-state index is 11.1. The van der Waals surface area contributed by atoms with Gasteiger partial charge in [-0.15, -0.1) is 0 Å². The molecule has 3 aromatic carbocycles. The molecule has 0 unspecified atom stereocenters. The molecule has 2 heterocycles. The van der Waals surface area contributed by atoms with Crippen molar-refractivity contribution in [1.29, 1.82) is 0 Å². The Kier molecular flexibility index (Phi) is 3.40. The number of rotatable bonds is 3. The zero-order valence-corrected chi connectivity index (χ0v) is 14.3. The summed E-state index contributed by atoms with van der Waals surface area (Å²) in [6, 6.07) is 22.9. The van der Waals surface area contributed by atoms with E-state index in [2.05, 4.69) is 16.7 Å². The fourth-order valence-electron chi connectivity index (χ4n) is 3.48. The Balaban J connectivity index is 1.73. The summed E-state index contributed by atoms with van der Waals surface area (Å²) in [5, 5.41) is 10.2. The highest BCUT2D eigenvalue weighted by molar-refractivity contribution is 6.06. The third-order valence-electron chi connectivity index (χ3n) is 4.80. The first-order valence-corrected chi connectivity index (χ1v) is 8.67. The second kappa shape index (κ2) is 5.92. The highest BCUT2D eigenvalue weighted by Crippen LogP contribution is 2.28. The Morgan fingerprint density at radius 1 is 0.852 bits per heavy atom. The fourth-order valence-corrected chi connectivity index (χ4v) is 3.48. The lowest BCUT2D eigenvalue weighted by Crippen LogP contribution is -2.02. The van der Waals surface area contributed by atoms with Gasteiger partial charge in [0.2, 0.25) is 0 Å². The van der Waals surface area contributed by atoms with E-state index in [1.165, 1.54) is 0 Å². The molecule has 5 heteroatoms. The molecule has 0 aliphatic heterocycles. The van der Waals surface area contributed by atoms with Gasteiger partial charge >= 0.3 is 5.97 Å². The van der Waals surface area contributed by atoms with E-state index in [-0.39, 0.29) is 5.56 Å². The molecular weight excluding hydrogens is 338 g/mol. The smallest absolute Gasteiger partial charge is 0.335 e. The summed E-state index contributed by atoms with van der Waals surface area (Å²) in [5.74, 6) is -0.921. The molecule has 27 heavy (non-hydrogen) atoms. The van der Waals surface area contributed by atoms with Crippen LogP contribution in [0.15, 0.2) is 72.8 Å². The number of carboxylic acid groups (broad SMARTS) is 1. The second-order valence-corrected chi connectivity index (χ2v) is 6.49. The van der Waals surface area contributed by atoms with Gasteiger partial charge in [0.1, 0.15) is 5.52 Å². The van der Waals surface area contributed by atoms with E-state index < -0.39 is 5.97 Å². The van der Waals surface area contributed by atoms with Crippen LogP contribution >= 0.6 is 0 Å². The maximum Gasteiger partial charge on any atom is 0.335 e. The van der Waals surface area contributed by atoms with Crippen LogP contribution in [0.25, 0.3) is 33.1 Å². The SMILES string of the molecule is O=C(O)c1ccc(Cn2c3ccccc3c3nc4ccccc4nc32)cc1. The summed E-state index contributed by atoms with van der Waals surface area (Å²) in [4.78, 5) is 20.8. The van der Waals surface area contributed by atoms with Crippen molar-refractivity contribution in [3.8, 4) is 0 Å². The summed E-state index contributed by atoms with van der Waals surface area (Å²) < 4.78 is 2.14. The predicted octanol–water partition coefficient (Wildman–Crippen LogP) is 4.48. The van der Waals surface area contributed by atoms with Crippen molar-refractivity contribution < 1.29 is 9.90 Å². The molecular formula is C22H15N3O2. The van der Waals surface area contributed by atoms with Gasteiger partial charge in [-0.3, -0.25) is 0 Å². The molecule has 0 saturated carbocycles. The molecule has 0 bridgehead atoms. The number of nitrogens with zero attached hydrogens (tertiary/aromatic N) is 3. The first-order valence-electron chi connectivity index (χ1n) is 8.67. The van der Waals surface area contributed by atoms with Crippen LogP contribution in [0.4, 0.5) is 0 Å². The molecule has 0 amide bonds. The van der Waals surface area contributed by atoms with E-state index >= 15 is 0 Å². The third kappa shape index (κ3) is 2.52. The average molecular weight is 353 g/mol. The molecule has 2 aromatic heterocycles. The lowest BCUT2D eigenvalue weighted by atomic mass is 10.1. The van der Waals surface area contributed by atoms with Crippen molar-refractivity contribution in [1.82, 2.24) is 14.5 Å². The van der Waals surface area contributed by atoms with E-state index in [1.54, 1.807) is 12.1 Å². The summed E-state index contributed by atoms with van der Waals surface area (Å²) >= 11 is 0. The molecule has 5 nitrogen and oxygen atoms in total. The lowest BCUT2D eigenvalue weighted by molar-refractivity contribution is 0.0697. The van der Waals surface area contributed by atoms with Gasteiger partial charge in [-0.05, 0) is 35.9 Å². The van der Waals surface area contributed by atoms with Crippen LogP contribution in [0.2, 0.25) is 0 Å². The zero-order valence-electron chi connectivity index (χ0n) is 14.3. The molecule has 0 radical (unpaired) electrons. The minimum absolute atomic E-state index is 0.284. The Hall–Kier alpha value is -3.73. The van der Waals surface area contributed by atoms with Gasteiger partial charge in [0.05, 0.1) is 22.1 Å². The van der Waals surface area contributed by atoms with Crippen LogP contribution in [0, 0.1) is 0 Å². The molecule has 0 saturated heterocycles. The number of aromatic carboxylic acids is 1. The number of benzene rings is 3. The van der Waals surface area contributed by atoms with E-state index in [0.717, 1.165) is 38.7 Å². The maximum absolute atomic E-state index is 11.1. The van der Waals surface area contributed by atoms with Gasteiger partial charge in [-0.2, -0.15) is 0 Å². The first-order chi connectivity index (χ1) is 13.2. The van der Waals surface area contributed by atoms with Gasteiger partial charge in [0.15, 0.2) is 5.65 Å². The van der Waals surface area contributed by atoms with E-state index in [4.69, 9.17) is 15.1 Å². The van der Waals surface area contributed by atoms with Gasteiger partial charge in [0.25, 0.3) is 0 Å². The molecule has 0 atom stereocenters. The monoisotopic (exact) mass is 353 g/mol. The van der Waals surface area contributed by atoms with Crippen molar-refractivity contribution in [2.75, 3.05) is 0 Å². The first kappa shape index (κ1) is 15.5. The van der Waals surface area contributed by atoms with Crippen molar-refractivity contribution in [2.45, 2.75) is 6.54 Å². The molecule has 5 rings (SSSR count). The second-order valence-electron chi connectivity index (χ2n) is 6.49. The van der Waals surface area contributed by atoms with Crippen molar-refractivity contribution in [3.05, 3.63) is 83.9 Å². The summed E-state index contributed by atoms with van der Waals surface area (Å²) in [7, 11) is 0. The topological polar surface area (TPSA) is 68.0 Å². The molecule has 0 aliphatic rings. The molecule has 0 fully saturated rings. The number of carboxylic acids is 1. The molecule has 5 aromatic rings. The number of hydrogen-bond donors (Lipinski definition) is 1. The van der Waals surface area contributed by atoms with Gasteiger partial charge < -0.3 is 9.67 Å². The number of carbonyl (C=O) groups is 1. The van der Waals surface area contributed by atoms with Crippen LogP contribution in [0.1, 0.15) is 15.9 Å². The number of para-hydroxylation sites is 3. The number of aromatic nitrogens is 3. The van der Waals surface area contributed by atoms with Crippen molar-refractivity contribution in [2.24, 2.45) is 0 Å². The van der Waals surface area contributed by atoms with Crippen molar-refractivity contribution >= 4 is 39.1 Å². The van der Waals surface area contributed by atoms with E-state index in [0.29, 0.717) is 6.54 Å². The fraction of sp³-hybridized carbons (Fsp3) is 0.0455. The van der Waals surface area contributed by atoms with Crippen LogP contribution in [0.3, 0.4) is 0 Å². The highest BCUT2D eigenvalue weighted by atomic mass is 16.4. The van der Waals surface area contributed by atoms with Crippen LogP contribution in [0.5, 0.6) is 0 Å². The van der Waals surface area contributed by atoms with Crippen LogP contribution in [-0.2, 0) is 6.54 Å².